The minimum Gasteiger partial charge on any atom is -0.481 e. The standard InChI is InChI=1S/C21H23F2N5O2/c1-13-3-5-16(6-4-13)30-14(2)20(29)27-9-7-15(8-10-27)17-11-18(19(22)23)28-21(26-17)24-12-25-28/h3-6,11-12,14-15,19H,7-10H2,1-2H3. The number of rotatable bonds is 5. The van der Waals surface area contributed by atoms with E-state index in [1.165, 1.54) is 12.4 Å². The van der Waals surface area contributed by atoms with Crippen LogP contribution in [0.4, 0.5) is 8.78 Å². The maximum absolute atomic E-state index is 13.4. The van der Waals surface area contributed by atoms with Gasteiger partial charge in [-0.1, -0.05) is 17.7 Å². The number of aryl methyl sites for hydroxylation is 1. The van der Waals surface area contributed by atoms with Gasteiger partial charge in [0.05, 0.1) is 0 Å². The molecule has 1 fully saturated rings. The van der Waals surface area contributed by atoms with E-state index in [0.29, 0.717) is 37.4 Å². The summed E-state index contributed by atoms with van der Waals surface area (Å²) >= 11 is 0. The number of amides is 1. The Balaban J connectivity index is 1.40. The topological polar surface area (TPSA) is 72.6 Å². The second kappa shape index (κ2) is 8.33. The average Bonchev–Trinajstić information content (AvgIpc) is 3.22. The molecule has 0 saturated carbocycles. The Morgan fingerprint density at radius 2 is 1.90 bits per heavy atom. The van der Waals surface area contributed by atoms with Gasteiger partial charge in [-0.3, -0.25) is 4.79 Å². The van der Waals surface area contributed by atoms with Gasteiger partial charge >= 0.3 is 0 Å². The molecule has 1 unspecified atom stereocenters. The summed E-state index contributed by atoms with van der Waals surface area (Å²) in [6, 6.07) is 8.96. The van der Waals surface area contributed by atoms with Crippen LogP contribution in [0, 0.1) is 6.92 Å². The molecule has 158 valence electrons. The third-order valence-corrected chi connectivity index (χ3v) is 5.43. The van der Waals surface area contributed by atoms with Crippen LogP contribution in [0.15, 0.2) is 36.7 Å². The molecule has 1 aromatic carbocycles. The van der Waals surface area contributed by atoms with Crippen LogP contribution in [0.25, 0.3) is 5.78 Å². The number of hydrogen-bond donors (Lipinski definition) is 0. The first kappa shape index (κ1) is 20.2. The van der Waals surface area contributed by atoms with E-state index < -0.39 is 12.5 Å². The third-order valence-electron chi connectivity index (χ3n) is 5.43. The van der Waals surface area contributed by atoms with E-state index in [9.17, 15) is 13.6 Å². The Morgan fingerprint density at radius 1 is 1.20 bits per heavy atom. The lowest BCUT2D eigenvalue weighted by Crippen LogP contribution is -2.44. The third kappa shape index (κ3) is 4.10. The summed E-state index contributed by atoms with van der Waals surface area (Å²) in [6.45, 7) is 4.77. The number of piperidine rings is 1. The summed E-state index contributed by atoms with van der Waals surface area (Å²) in [4.78, 5) is 22.9. The maximum atomic E-state index is 13.4. The van der Waals surface area contributed by atoms with Crippen molar-refractivity contribution in [3.63, 3.8) is 0 Å². The number of aromatic nitrogens is 4. The SMILES string of the molecule is Cc1ccc(OC(C)C(=O)N2CCC(c3cc(C(F)F)n4ncnc4n3)CC2)cc1. The number of likely N-dealkylation sites (tertiary alicyclic amines) is 1. The molecule has 1 aliphatic rings. The molecule has 1 amide bonds. The number of nitrogens with zero attached hydrogens (tertiary/aromatic N) is 5. The number of fused-ring (bicyclic) bond motifs is 1. The van der Waals surface area contributed by atoms with Crippen molar-refractivity contribution < 1.29 is 18.3 Å². The molecular formula is C21H23F2N5O2. The summed E-state index contributed by atoms with van der Waals surface area (Å²) in [6.07, 6.45) is -0.765. The zero-order chi connectivity index (χ0) is 21.3. The quantitative estimate of drug-likeness (QED) is 0.637. The molecule has 1 aliphatic heterocycles. The normalized spacial score (nSPS) is 16.2. The highest BCUT2D eigenvalue weighted by molar-refractivity contribution is 5.81. The van der Waals surface area contributed by atoms with Crippen LogP contribution in [-0.2, 0) is 4.79 Å². The van der Waals surface area contributed by atoms with Crippen molar-refractivity contribution >= 4 is 11.7 Å². The molecule has 0 radical (unpaired) electrons. The maximum Gasteiger partial charge on any atom is 0.280 e. The van der Waals surface area contributed by atoms with E-state index in [4.69, 9.17) is 4.74 Å². The van der Waals surface area contributed by atoms with Gasteiger partial charge in [-0.05, 0) is 44.9 Å². The molecule has 7 nitrogen and oxygen atoms in total. The lowest BCUT2D eigenvalue weighted by Gasteiger charge is -2.33. The van der Waals surface area contributed by atoms with Gasteiger partial charge in [-0.2, -0.15) is 14.6 Å². The predicted octanol–water partition coefficient (Wildman–Crippen LogP) is 3.54. The Labute approximate surface area is 172 Å². The number of halogens is 2. The summed E-state index contributed by atoms with van der Waals surface area (Å²) < 4.78 is 33.6. The number of benzene rings is 1. The minimum atomic E-state index is -2.67. The molecule has 1 saturated heterocycles. The van der Waals surface area contributed by atoms with Crippen molar-refractivity contribution in [2.75, 3.05) is 13.1 Å². The second-order valence-corrected chi connectivity index (χ2v) is 7.55. The van der Waals surface area contributed by atoms with Crippen molar-refractivity contribution in [3.05, 3.63) is 53.6 Å². The van der Waals surface area contributed by atoms with E-state index in [2.05, 4.69) is 15.1 Å². The number of alkyl halides is 2. The van der Waals surface area contributed by atoms with Crippen LogP contribution >= 0.6 is 0 Å². The van der Waals surface area contributed by atoms with Gasteiger partial charge < -0.3 is 9.64 Å². The van der Waals surface area contributed by atoms with Crippen molar-refractivity contribution in [1.29, 1.82) is 0 Å². The Hall–Kier alpha value is -3.10. The van der Waals surface area contributed by atoms with E-state index in [-0.39, 0.29) is 23.3 Å². The van der Waals surface area contributed by atoms with Crippen LogP contribution in [-0.4, -0.2) is 49.6 Å². The second-order valence-electron chi connectivity index (χ2n) is 7.55. The fourth-order valence-electron chi connectivity index (χ4n) is 3.74. The van der Waals surface area contributed by atoms with Gasteiger partial charge in [-0.25, -0.2) is 13.8 Å². The van der Waals surface area contributed by atoms with Crippen LogP contribution in [0.3, 0.4) is 0 Å². The van der Waals surface area contributed by atoms with E-state index >= 15 is 0 Å². The van der Waals surface area contributed by atoms with Crippen molar-refractivity contribution in [3.8, 4) is 5.75 Å². The van der Waals surface area contributed by atoms with Gasteiger partial charge in [0.2, 0.25) is 0 Å². The molecule has 30 heavy (non-hydrogen) atoms. The first-order valence-electron chi connectivity index (χ1n) is 9.93. The molecular weight excluding hydrogens is 392 g/mol. The molecule has 3 aromatic rings. The van der Waals surface area contributed by atoms with Crippen molar-refractivity contribution in [1.82, 2.24) is 24.5 Å². The Morgan fingerprint density at radius 3 is 2.57 bits per heavy atom. The van der Waals surface area contributed by atoms with E-state index in [1.807, 2.05) is 31.2 Å². The zero-order valence-corrected chi connectivity index (χ0v) is 16.8. The Bertz CT molecular complexity index is 1030. The van der Waals surface area contributed by atoms with Crippen molar-refractivity contribution in [2.24, 2.45) is 0 Å². The van der Waals surface area contributed by atoms with Gasteiger partial charge in [-0.15, -0.1) is 0 Å². The van der Waals surface area contributed by atoms with Gasteiger partial charge in [0.1, 0.15) is 17.8 Å². The minimum absolute atomic E-state index is 0.0124. The number of ether oxygens (including phenoxy) is 1. The monoisotopic (exact) mass is 415 g/mol. The predicted molar refractivity (Wildman–Crippen MR) is 106 cm³/mol. The zero-order valence-electron chi connectivity index (χ0n) is 16.8. The van der Waals surface area contributed by atoms with Gasteiger partial charge in [0.25, 0.3) is 18.1 Å². The molecule has 4 rings (SSSR count). The lowest BCUT2D eigenvalue weighted by atomic mass is 9.92. The lowest BCUT2D eigenvalue weighted by molar-refractivity contribution is -0.139. The summed E-state index contributed by atoms with van der Waals surface area (Å²) in [5, 5.41) is 3.82. The van der Waals surface area contributed by atoms with Gasteiger partial charge in [0, 0.05) is 24.7 Å². The van der Waals surface area contributed by atoms with E-state index in [1.54, 1.807) is 11.8 Å². The summed E-state index contributed by atoms with van der Waals surface area (Å²) in [7, 11) is 0. The fraction of sp³-hybridized carbons (Fsp3) is 0.429. The average molecular weight is 415 g/mol. The highest BCUT2D eigenvalue weighted by Gasteiger charge is 2.29. The number of carbonyl (C=O) groups is 1. The highest BCUT2D eigenvalue weighted by atomic mass is 19.3. The first-order chi connectivity index (χ1) is 14.4. The van der Waals surface area contributed by atoms with E-state index in [0.717, 1.165) is 10.1 Å². The molecule has 1 atom stereocenters. The van der Waals surface area contributed by atoms with Crippen LogP contribution in [0.2, 0.25) is 0 Å². The van der Waals surface area contributed by atoms with Gasteiger partial charge in [0.15, 0.2) is 6.10 Å². The largest absolute Gasteiger partial charge is 0.481 e. The molecule has 3 heterocycles. The molecule has 0 N–H and O–H groups in total. The summed E-state index contributed by atoms with van der Waals surface area (Å²) in [5.41, 5.74) is 1.48. The highest BCUT2D eigenvalue weighted by Crippen LogP contribution is 2.30. The fourth-order valence-corrected chi connectivity index (χ4v) is 3.74. The summed E-state index contributed by atoms with van der Waals surface area (Å²) in [5.74, 6) is 0.729. The molecule has 2 aromatic heterocycles. The molecule has 0 spiro atoms. The Kier molecular flexibility index (Phi) is 5.61. The van der Waals surface area contributed by atoms with Crippen molar-refractivity contribution in [2.45, 2.75) is 45.1 Å². The van der Waals surface area contributed by atoms with Crippen LogP contribution < -0.4 is 4.74 Å². The van der Waals surface area contributed by atoms with Crippen LogP contribution in [0.5, 0.6) is 5.75 Å². The first-order valence-corrected chi connectivity index (χ1v) is 9.93. The number of carbonyl (C=O) groups excluding carboxylic acids is 1. The van der Waals surface area contributed by atoms with Crippen LogP contribution in [0.1, 0.15) is 49.1 Å². The number of hydrogen-bond acceptors (Lipinski definition) is 5. The molecule has 9 heteroatoms. The molecule has 0 bridgehead atoms. The molecule has 0 aliphatic carbocycles. The smallest absolute Gasteiger partial charge is 0.280 e.